The van der Waals surface area contributed by atoms with Crippen molar-refractivity contribution in [2.45, 2.75) is 12.4 Å². The topological polar surface area (TPSA) is 78.3 Å². The molecule has 0 bridgehead atoms. The van der Waals surface area contributed by atoms with Gasteiger partial charge < -0.3 is 4.57 Å². The molecule has 0 atom stereocenters. The standard InChI is InChI=1S/C56H31F6N5/c57-55(58,59)43-25-41(26-44(30-43)56(60,61)62)38-21-22-52-48(27-38)45-19-7-8-20-51(45)67(52)53-46(39-17-9-11-34(23-39)32-63)28-42(29-47(53)40-18-10-12-35(24-40)33-64)50-31-49(36-13-3-1-4-14-36)65-54(66-50)37-15-5-2-6-16-37/h1-31H. The predicted octanol–water partition coefficient (Wildman–Crippen LogP) is 15.4. The molecule has 2 heterocycles. The molecule has 0 aliphatic carbocycles. The summed E-state index contributed by atoms with van der Waals surface area (Å²) in [6.07, 6.45) is -10.1. The lowest BCUT2D eigenvalue weighted by atomic mass is 9.90. The van der Waals surface area contributed by atoms with Crippen LogP contribution < -0.4 is 0 Å². The second-order valence-electron chi connectivity index (χ2n) is 15.9. The van der Waals surface area contributed by atoms with Crippen molar-refractivity contribution >= 4 is 21.8 Å². The van der Waals surface area contributed by atoms with Crippen LogP contribution in [0.4, 0.5) is 26.3 Å². The van der Waals surface area contributed by atoms with E-state index in [1.54, 1.807) is 48.5 Å². The number of nitrogens with zero attached hydrogens (tertiary/aromatic N) is 5. The second-order valence-corrected chi connectivity index (χ2v) is 15.9. The van der Waals surface area contributed by atoms with Gasteiger partial charge in [0.05, 0.1) is 62.5 Å². The molecule has 0 radical (unpaired) electrons. The molecule has 0 fully saturated rings. The largest absolute Gasteiger partial charge is 0.416 e. The molecule has 322 valence electrons. The van der Waals surface area contributed by atoms with Crippen molar-refractivity contribution < 1.29 is 26.3 Å². The maximum absolute atomic E-state index is 14.1. The maximum Gasteiger partial charge on any atom is 0.416 e. The Morgan fingerprint density at radius 2 is 0.896 bits per heavy atom. The van der Waals surface area contributed by atoms with E-state index in [2.05, 4.69) is 12.1 Å². The Labute approximate surface area is 379 Å². The van der Waals surface area contributed by atoms with Gasteiger partial charge in [0.25, 0.3) is 0 Å². The van der Waals surface area contributed by atoms with Crippen LogP contribution in [0, 0.1) is 22.7 Å². The van der Waals surface area contributed by atoms with Gasteiger partial charge in [0.2, 0.25) is 0 Å². The van der Waals surface area contributed by atoms with Crippen molar-refractivity contribution in [3.8, 4) is 85.1 Å². The van der Waals surface area contributed by atoms with Crippen molar-refractivity contribution in [1.29, 1.82) is 10.5 Å². The van der Waals surface area contributed by atoms with E-state index in [-0.39, 0.29) is 17.2 Å². The van der Waals surface area contributed by atoms with Gasteiger partial charge in [-0.15, -0.1) is 0 Å². The Hall–Kier alpha value is -8.80. The van der Waals surface area contributed by atoms with Crippen molar-refractivity contribution in [1.82, 2.24) is 14.5 Å². The molecule has 10 rings (SSSR count). The number of aromatic nitrogens is 3. The van der Waals surface area contributed by atoms with Crippen LogP contribution in [0.5, 0.6) is 0 Å². The van der Waals surface area contributed by atoms with Crippen molar-refractivity contribution in [2.75, 3.05) is 0 Å². The molecule has 0 aliphatic rings. The van der Waals surface area contributed by atoms with E-state index in [1.165, 1.54) is 6.07 Å². The third-order valence-electron chi connectivity index (χ3n) is 11.7. The minimum absolute atomic E-state index is 0.121. The number of benzene rings is 8. The molecule has 2 aromatic heterocycles. The monoisotopic (exact) mass is 887 g/mol. The first-order valence-corrected chi connectivity index (χ1v) is 20.9. The molecule has 0 saturated carbocycles. The summed E-state index contributed by atoms with van der Waals surface area (Å²) < 4.78 is 86.5. The van der Waals surface area contributed by atoms with E-state index in [4.69, 9.17) is 9.97 Å². The molecule has 11 heteroatoms. The highest BCUT2D eigenvalue weighted by atomic mass is 19.4. The average Bonchev–Trinajstić information content (AvgIpc) is 3.69. The molecule has 0 aliphatic heterocycles. The number of nitriles is 2. The van der Waals surface area contributed by atoms with Crippen LogP contribution in [0.15, 0.2) is 188 Å². The van der Waals surface area contributed by atoms with E-state index < -0.39 is 23.5 Å². The summed E-state index contributed by atoms with van der Waals surface area (Å²) in [7, 11) is 0. The van der Waals surface area contributed by atoms with Crippen molar-refractivity contribution in [2.24, 2.45) is 0 Å². The fourth-order valence-corrected chi connectivity index (χ4v) is 8.56. The number of para-hydroxylation sites is 1. The van der Waals surface area contributed by atoms with Gasteiger partial charge >= 0.3 is 12.4 Å². The number of halogens is 6. The Morgan fingerprint density at radius 3 is 1.46 bits per heavy atom. The molecule has 67 heavy (non-hydrogen) atoms. The van der Waals surface area contributed by atoms with Gasteiger partial charge in [0.1, 0.15) is 0 Å². The normalized spacial score (nSPS) is 11.7. The summed E-state index contributed by atoms with van der Waals surface area (Å²) in [5, 5.41) is 21.6. The number of hydrogen-bond acceptors (Lipinski definition) is 4. The Morgan fingerprint density at radius 1 is 0.388 bits per heavy atom. The molecule has 8 aromatic carbocycles. The zero-order valence-electron chi connectivity index (χ0n) is 34.9. The van der Waals surface area contributed by atoms with Crippen LogP contribution in [-0.2, 0) is 12.4 Å². The van der Waals surface area contributed by atoms with E-state index >= 15 is 0 Å². The van der Waals surface area contributed by atoms with Gasteiger partial charge in [0, 0.05) is 38.6 Å². The van der Waals surface area contributed by atoms with E-state index in [9.17, 15) is 36.9 Å². The molecular formula is C56H31F6N5. The number of fused-ring (bicyclic) bond motifs is 3. The second kappa shape index (κ2) is 16.6. The molecule has 0 spiro atoms. The highest BCUT2D eigenvalue weighted by molar-refractivity contribution is 6.12. The summed E-state index contributed by atoms with van der Waals surface area (Å²) >= 11 is 0. The minimum atomic E-state index is -5.03. The van der Waals surface area contributed by atoms with Crippen LogP contribution in [0.2, 0.25) is 0 Å². The first-order chi connectivity index (χ1) is 32.4. The van der Waals surface area contributed by atoms with E-state index in [1.807, 2.05) is 120 Å². The van der Waals surface area contributed by atoms with Crippen LogP contribution in [0.3, 0.4) is 0 Å². The van der Waals surface area contributed by atoms with Crippen LogP contribution in [0.25, 0.3) is 94.8 Å². The predicted molar refractivity (Wildman–Crippen MR) is 248 cm³/mol. The summed E-state index contributed by atoms with van der Waals surface area (Å²) in [4.78, 5) is 10.1. The maximum atomic E-state index is 14.1. The lowest BCUT2D eigenvalue weighted by Crippen LogP contribution is -2.11. The van der Waals surface area contributed by atoms with Gasteiger partial charge in [-0.05, 0) is 101 Å². The summed E-state index contributed by atoms with van der Waals surface area (Å²) in [6, 6.07) is 57.9. The summed E-state index contributed by atoms with van der Waals surface area (Å²) in [6.45, 7) is 0. The highest BCUT2D eigenvalue weighted by Gasteiger charge is 2.37. The fraction of sp³-hybridized carbons (Fsp3) is 0.0357. The Kier molecular flexibility index (Phi) is 10.5. The zero-order valence-corrected chi connectivity index (χ0v) is 34.9. The van der Waals surface area contributed by atoms with Gasteiger partial charge in [-0.2, -0.15) is 36.9 Å². The average molecular weight is 888 g/mol. The molecule has 0 N–H and O–H groups in total. The third kappa shape index (κ3) is 8.04. The SMILES string of the molecule is N#Cc1cccc(-c2cc(-c3cc(-c4ccccc4)nc(-c4ccccc4)n3)cc(-c3cccc(C#N)c3)c2-n2c3ccccc3c3cc(-c4cc(C(F)(F)F)cc(C(F)(F)F)c4)ccc32)c1. The number of rotatable bonds is 7. The fourth-order valence-electron chi connectivity index (χ4n) is 8.56. The molecule has 0 amide bonds. The van der Waals surface area contributed by atoms with Crippen LogP contribution in [-0.4, -0.2) is 14.5 Å². The smallest absolute Gasteiger partial charge is 0.308 e. The van der Waals surface area contributed by atoms with E-state index in [0.717, 1.165) is 23.3 Å². The molecule has 5 nitrogen and oxygen atoms in total. The van der Waals surface area contributed by atoms with Gasteiger partial charge in [-0.3, -0.25) is 0 Å². The Balaban J connectivity index is 1.31. The summed E-state index contributed by atoms with van der Waals surface area (Å²) in [5.41, 5.74) is 6.04. The first kappa shape index (κ1) is 42.2. The third-order valence-corrected chi connectivity index (χ3v) is 11.7. The number of alkyl halides is 6. The van der Waals surface area contributed by atoms with Crippen molar-refractivity contribution in [3.05, 3.63) is 210 Å². The van der Waals surface area contributed by atoms with E-state index in [0.29, 0.717) is 83.6 Å². The van der Waals surface area contributed by atoms with Crippen molar-refractivity contribution in [3.63, 3.8) is 0 Å². The van der Waals surface area contributed by atoms with Gasteiger partial charge in [-0.1, -0.05) is 109 Å². The summed E-state index contributed by atoms with van der Waals surface area (Å²) in [5.74, 6) is 0.489. The molecular weight excluding hydrogens is 857 g/mol. The quantitative estimate of drug-likeness (QED) is 0.149. The van der Waals surface area contributed by atoms with Gasteiger partial charge in [-0.25, -0.2) is 9.97 Å². The lowest BCUT2D eigenvalue weighted by Gasteiger charge is -2.21. The zero-order chi connectivity index (χ0) is 46.5. The highest BCUT2D eigenvalue weighted by Crippen LogP contribution is 2.46. The van der Waals surface area contributed by atoms with Crippen LogP contribution in [0.1, 0.15) is 22.3 Å². The molecule has 0 unspecified atom stereocenters. The lowest BCUT2D eigenvalue weighted by molar-refractivity contribution is -0.143. The van der Waals surface area contributed by atoms with Crippen LogP contribution >= 0.6 is 0 Å². The number of hydrogen-bond donors (Lipinski definition) is 0. The molecule has 0 saturated heterocycles. The Bertz CT molecular complexity index is 3470. The van der Waals surface area contributed by atoms with Gasteiger partial charge in [0.15, 0.2) is 5.82 Å². The first-order valence-electron chi connectivity index (χ1n) is 20.9. The minimum Gasteiger partial charge on any atom is -0.308 e. The molecule has 10 aromatic rings.